The molecule has 4 rings (SSSR count). The van der Waals surface area contributed by atoms with Gasteiger partial charge in [0, 0.05) is 17.5 Å². The molecule has 0 atom stereocenters. The van der Waals surface area contributed by atoms with Crippen LogP contribution in [0.4, 0.5) is 14.5 Å². The van der Waals surface area contributed by atoms with Crippen LogP contribution in [0, 0.1) is 11.6 Å². The molecule has 0 aliphatic heterocycles. The van der Waals surface area contributed by atoms with Crippen LogP contribution in [-0.2, 0) is 22.9 Å². The molecule has 1 aromatic heterocycles. The van der Waals surface area contributed by atoms with Crippen LogP contribution in [0.3, 0.4) is 0 Å². The van der Waals surface area contributed by atoms with Crippen molar-refractivity contribution in [2.24, 2.45) is 0 Å². The summed E-state index contributed by atoms with van der Waals surface area (Å²) in [6.07, 6.45) is 5.79. The molecule has 29 heavy (non-hydrogen) atoms. The van der Waals surface area contributed by atoms with E-state index in [0.717, 1.165) is 40.3 Å². The van der Waals surface area contributed by atoms with E-state index in [1.807, 2.05) is 12.1 Å². The minimum atomic E-state index is -3.54. The lowest BCUT2D eigenvalue weighted by atomic mass is 9.93. The van der Waals surface area contributed by atoms with E-state index in [4.69, 9.17) is 0 Å². The monoisotopic (exact) mass is 412 g/mol. The number of rotatable bonds is 3. The maximum absolute atomic E-state index is 14.2. The SMILES string of the molecule is CS(=O)(=O)Nc1cc(F)cc(/C=C2\c3ccc(F)cc3CCc3ncccc32)c1. The Labute approximate surface area is 168 Å². The standard InChI is InChI=1S/C22H18F2N2O2S/c1-29(27,28)26-18-10-14(9-17(24)13-18)11-21-19-6-5-16(23)12-15(19)4-7-22-20(21)3-2-8-25-22/h2-3,5-6,8-13,26H,4,7H2,1H3/b21-11+. The molecule has 0 radical (unpaired) electrons. The predicted molar refractivity (Wildman–Crippen MR) is 110 cm³/mol. The Kier molecular flexibility index (Phi) is 4.92. The minimum absolute atomic E-state index is 0.138. The molecule has 2 aromatic carbocycles. The summed E-state index contributed by atoms with van der Waals surface area (Å²) in [5.41, 5.74) is 4.87. The lowest BCUT2D eigenvalue weighted by molar-refractivity contribution is 0.606. The second kappa shape index (κ2) is 7.40. The minimum Gasteiger partial charge on any atom is -0.284 e. The summed E-state index contributed by atoms with van der Waals surface area (Å²) in [6, 6.07) is 12.4. The summed E-state index contributed by atoms with van der Waals surface area (Å²) in [4.78, 5) is 4.46. The van der Waals surface area contributed by atoms with E-state index in [2.05, 4.69) is 9.71 Å². The topological polar surface area (TPSA) is 59.1 Å². The number of benzene rings is 2. The number of pyridine rings is 1. The molecule has 0 fully saturated rings. The number of nitrogens with zero attached hydrogens (tertiary/aromatic N) is 1. The molecule has 0 spiro atoms. The molecule has 0 saturated carbocycles. The highest BCUT2D eigenvalue weighted by Gasteiger charge is 2.19. The second-order valence-corrected chi connectivity index (χ2v) is 8.75. The van der Waals surface area contributed by atoms with Gasteiger partial charge in [-0.1, -0.05) is 12.1 Å². The number of aryl methyl sites for hydroxylation is 2. The van der Waals surface area contributed by atoms with Crippen molar-refractivity contribution in [3.05, 3.63) is 94.3 Å². The molecule has 0 amide bonds. The maximum atomic E-state index is 14.2. The highest BCUT2D eigenvalue weighted by molar-refractivity contribution is 7.92. The molecular formula is C22H18F2N2O2S. The normalized spacial score (nSPS) is 14.8. The Bertz CT molecular complexity index is 1240. The smallest absolute Gasteiger partial charge is 0.229 e. The van der Waals surface area contributed by atoms with Gasteiger partial charge in [0.25, 0.3) is 0 Å². The van der Waals surface area contributed by atoms with E-state index in [1.165, 1.54) is 18.2 Å². The van der Waals surface area contributed by atoms with Gasteiger partial charge in [-0.15, -0.1) is 0 Å². The fourth-order valence-corrected chi connectivity index (χ4v) is 4.15. The van der Waals surface area contributed by atoms with Crippen LogP contribution in [0.1, 0.15) is 27.9 Å². The number of fused-ring (bicyclic) bond motifs is 2. The van der Waals surface area contributed by atoms with Crippen LogP contribution in [-0.4, -0.2) is 19.7 Å². The Hall–Kier alpha value is -3.06. The van der Waals surface area contributed by atoms with Crippen molar-refractivity contribution in [1.82, 2.24) is 4.98 Å². The zero-order valence-electron chi connectivity index (χ0n) is 15.6. The van der Waals surface area contributed by atoms with E-state index in [9.17, 15) is 17.2 Å². The first-order valence-corrected chi connectivity index (χ1v) is 10.9. The van der Waals surface area contributed by atoms with Crippen LogP contribution in [0.25, 0.3) is 11.6 Å². The largest absolute Gasteiger partial charge is 0.284 e. The van der Waals surface area contributed by atoms with Crippen LogP contribution in [0.2, 0.25) is 0 Å². The quantitative estimate of drug-likeness (QED) is 0.693. The predicted octanol–water partition coefficient (Wildman–Crippen LogP) is 4.42. The van der Waals surface area contributed by atoms with Gasteiger partial charge in [0.1, 0.15) is 11.6 Å². The van der Waals surface area contributed by atoms with Crippen molar-refractivity contribution in [1.29, 1.82) is 0 Å². The molecule has 148 valence electrons. The van der Waals surface area contributed by atoms with Gasteiger partial charge in [0.15, 0.2) is 0 Å². The molecule has 7 heteroatoms. The molecule has 1 heterocycles. The van der Waals surface area contributed by atoms with E-state index < -0.39 is 15.8 Å². The number of halogens is 2. The molecule has 1 N–H and O–H groups in total. The van der Waals surface area contributed by atoms with E-state index in [-0.39, 0.29) is 11.5 Å². The van der Waals surface area contributed by atoms with E-state index in [1.54, 1.807) is 24.4 Å². The maximum Gasteiger partial charge on any atom is 0.229 e. The third kappa shape index (κ3) is 4.35. The molecule has 1 aliphatic rings. The summed E-state index contributed by atoms with van der Waals surface area (Å²) < 4.78 is 53.3. The van der Waals surface area contributed by atoms with Gasteiger partial charge in [-0.05, 0) is 77.6 Å². The van der Waals surface area contributed by atoms with Crippen molar-refractivity contribution < 1.29 is 17.2 Å². The van der Waals surface area contributed by atoms with E-state index >= 15 is 0 Å². The van der Waals surface area contributed by atoms with Crippen LogP contribution in [0.15, 0.2) is 54.7 Å². The molecule has 0 bridgehead atoms. The first-order valence-electron chi connectivity index (χ1n) is 9.02. The Morgan fingerprint density at radius 1 is 1.00 bits per heavy atom. The van der Waals surface area contributed by atoms with E-state index in [0.29, 0.717) is 18.4 Å². The number of hydrogen-bond acceptors (Lipinski definition) is 3. The van der Waals surface area contributed by atoms with Gasteiger partial charge < -0.3 is 0 Å². The van der Waals surface area contributed by atoms with Crippen molar-refractivity contribution in [3.8, 4) is 0 Å². The van der Waals surface area contributed by atoms with Crippen LogP contribution >= 0.6 is 0 Å². The third-order valence-corrected chi connectivity index (χ3v) is 5.31. The summed E-state index contributed by atoms with van der Waals surface area (Å²) >= 11 is 0. The molecule has 3 aromatic rings. The lowest BCUT2D eigenvalue weighted by Gasteiger charge is -2.12. The van der Waals surface area contributed by atoms with Gasteiger partial charge in [-0.25, -0.2) is 17.2 Å². The van der Waals surface area contributed by atoms with Crippen molar-refractivity contribution in [3.63, 3.8) is 0 Å². The Balaban J connectivity index is 1.91. The molecule has 0 saturated heterocycles. The fourth-order valence-electron chi connectivity index (χ4n) is 3.60. The Morgan fingerprint density at radius 3 is 2.62 bits per heavy atom. The highest BCUT2D eigenvalue weighted by atomic mass is 32.2. The molecular weight excluding hydrogens is 394 g/mol. The fraction of sp³-hybridized carbons (Fsp3) is 0.136. The molecule has 4 nitrogen and oxygen atoms in total. The highest BCUT2D eigenvalue weighted by Crippen LogP contribution is 2.35. The van der Waals surface area contributed by atoms with Gasteiger partial charge in [-0.3, -0.25) is 9.71 Å². The van der Waals surface area contributed by atoms with Gasteiger partial charge in [0.2, 0.25) is 10.0 Å². The number of sulfonamides is 1. The zero-order valence-corrected chi connectivity index (χ0v) is 16.4. The summed E-state index contributed by atoms with van der Waals surface area (Å²) in [6.45, 7) is 0. The van der Waals surface area contributed by atoms with Gasteiger partial charge in [-0.2, -0.15) is 0 Å². The summed E-state index contributed by atoms with van der Waals surface area (Å²) in [5, 5.41) is 0. The van der Waals surface area contributed by atoms with Crippen molar-refractivity contribution in [2.45, 2.75) is 12.8 Å². The summed E-state index contributed by atoms with van der Waals surface area (Å²) in [5.74, 6) is -0.878. The number of aromatic nitrogens is 1. The Morgan fingerprint density at radius 2 is 1.83 bits per heavy atom. The molecule has 1 aliphatic carbocycles. The number of hydrogen-bond donors (Lipinski definition) is 1. The first-order chi connectivity index (χ1) is 13.8. The average molecular weight is 412 g/mol. The van der Waals surface area contributed by atoms with Crippen LogP contribution < -0.4 is 4.72 Å². The number of anilines is 1. The second-order valence-electron chi connectivity index (χ2n) is 7.00. The lowest BCUT2D eigenvalue weighted by Crippen LogP contribution is -2.09. The number of nitrogens with one attached hydrogen (secondary N) is 1. The van der Waals surface area contributed by atoms with Gasteiger partial charge in [0.05, 0.1) is 11.9 Å². The van der Waals surface area contributed by atoms with Crippen molar-refractivity contribution >= 4 is 27.4 Å². The van der Waals surface area contributed by atoms with Crippen LogP contribution in [0.5, 0.6) is 0 Å². The third-order valence-electron chi connectivity index (χ3n) is 4.70. The zero-order chi connectivity index (χ0) is 20.6. The summed E-state index contributed by atoms with van der Waals surface area (Å²) in [7, 11) is -3.54. The average Bonchev–Trinajstić information content (AvgIpc) is 2.77. The first kappa shape index (κ1) is 19.3. The van der Waals surface area contributed by atoms with Crippen molar-refractivity contribution in [2.75, 3.05) is 11.0 Å². The molecule has 0 unspecified atom stereocenters. The van der Waals surface area contributed by atoms with Gasteiger partial charge >= 0.3 is 0 Å².